The molecule has 0 bridgehead atoms. The summed E-state index contributed by atoms with van der Waals surface area (Å²) in [5, 5.41) is 35.9. The second-order valence-corrected chi connectivity index (χ2v) is 12.9. The first-order valence-electron chi connectivity index (χ1n) is 17.1. The van der Waals surface area contributed by atoms with Gasteiger partial charge in [0.15, 0.2) is 0 Å². The van der Waals surface area contributed by atoms with Gasteiger partial charge in [0.2, 0.25) is 17.7 Å². The molecule has 278 valence electrons. The minimum absolute atomic E-state index is 0.153. The maximum atomic E-state index is 13.7. The molecule has 5 rings (SSSR count). The third-order valence-corrected chi connectivity index (χ3v) is 9.17. The van der Waals surface area contributed by atoms with Gasteiger partial charge in [-0.3, -0.25) is 38.5 Å². The molecule has 16 nitrogen and oxygen atoms in total. The van der Waals surface area contributed by atoms with Crippen LogP contribution in [0.1, 0.15) is 64.8 Å². The highest BCUT2D eigenvalue weighted by molar-refractivity contribution is 6.27. The van der Waals surface area contributed by atoms with Gasteiger partial charge in [-0.2, -0.15) is 0 Å². The molecule has 1 saturated heterocycles. The SMILES string of the molecule is O=C(O)CC[C@H](NC(=O)[C@H](CC(=O)O)NC(=O)[C@H](Cc1ccccc1)NC(=O)CN1C(=O)c2cccc3c(N4CCCCC4)ccc(c23)C1=O)C(=O)O. The number of carboxylic acid groups (broad SMARTS) is 3. The minimum Gasteiger partial charge on any atom is -0.481 e. The fourth-order valence-electron chi connectivity index (χ4n) is 6.58. The van der Waals surface area contributed by atoms with Gasteiger partial charge in [-0.05, 0) is 49.4 Å². The monoisotopic (exact) mass is 729 g/mol. The second-order valence-electron chi connectivity index (χ2n) is 12.9. The zero-order valence-corrected chi connectivity index (χ0v) is 28.6. The van der Waals surface area contributed by atoms with Crippen LogP contribution in [0.2, 0.25) is 0 Å². The van der Waals surface area contributed by atoms with Crippen molar-refractivity contribution in [2.75, 3.05) is 24.5 Å². The van der Waals surface area contributed by atoms with Crippen molar-refractivity contribution in [1.82, 2.24) is 20.9 Å². The Morgan fingerprint density at radius 2 is 1.32 bits per heavy atom. The average Bonchev–Trinajstić information content (AvgIpc) is 3.13. The number of hydrogen-bond acceptors (Lipinski definition) is 9. The van der Waals surface area contributed by atoms with E-state index in [1.54, 1.807) is 48.5 Å². The number of carbonyl (C=O) groups is 8. The van der Waals surface area contributed by atoms with Crippen LogP contribution in [-0.4, -0.2) is 105 Å². The summed E-state index contributed by atoms with van der Waals surface area (Å²) < 4.78 is 0. The summed E-state index contributed by atoms with van der Waals surface area (Å²) >= 11 is 0. The van der Waals surface area contributed by atoms with Gasteiger partial charge < -0.3 is 36.2 Å². The van der Waals surface area contributed by atoms with Crippen LogP contribution < -0.4 is 20.9 Å². The molecule has 2 aliphatic heterocycles. The Bertz CT molecular complexity index is 1920. The van der Waals surface area contributed by atoms with Crippen molar-refractivity contribution in [1.29, 1.82) is 0 Å². The van der Waals surface area contributed by atoms with Crippen LogP contribution >= 0.6 is 0 Å². The van der Waals surface area contributed by atoms with Gasteiger partial charge >= 0.3 is 17.9 Å². The number of nitrogens with zero attached hydrogens (tertiary/aromatic N) is 2. The molecular weight excluding hydrogens is 690 g/mol. The minimum atomic E-state index is -1.82. The molecule has 1 fully saturated rings. The van der Waals surface area contributed by atoms with Gasteiger partial charge in [-0.25, -0.2) is 4.79 Å². The van der Waals surface area contributed by atoms with Crippen molar-refractivity contribution in [2.45, 2.75) is 63.1 Å². The van der Waals surface area contributed by atoms with E-state index in [0.29, 0.717) is 10.9 Å². The van der Waals surface area contributed by atoms with Crippen LogP contribution in [0.15, 0.2) is 60.7 Å². The van der Waals surface area contributed by atoms with Crippen LogP contribution in [0.4, 0.5) is 5.69 Å². The van der Waals surface area contributed by atoms with E-state index < -0.39 is 91.4 Å². The van der Waals surface area contributed by atoms with E-state index in [9.17, 15) is 48.6 Å². The lowest BCUT2D eigenvalue weighted by molar-refractivity contribution is -0.144. The summed E-state index contributed by atoms with van der Waals surface area (Å²) in [6.45, 7) is 0.937. The molecule has 0 aliphatic carbocycles. The Hall–Kier alpha value is -6.32. The van der Waals surface area contributed by atoms with Crippen molar-refractivity contribution >= 4 is 63.9 Å². The molecule has 3 aromatic rings. The van der Waals surface area contributed by atoms with Crippen LogP contribution in [0.25, 0.3) is 10.8 Å². The summed E-state index contributed by atoms with van der Waals surface area (Å²) in [6.07, 6.45) is 0.932. The number of anilines is 1. The highest BCUT2D eigenvalue weighted by Crippen LogP contribution is 2.36. The number of imide groups is 1. The van der Waals surface area contributed by atoms with E-state index in [0.717, 1.165) is 48.3 Å². The molecule has 6 N–H and O–H groups in total. The van der Waals surface area contributed by atoms with E-state index in [4.69, 9.17) is 5.11 Å². The molecular formula is C37H39N5O11. The van der Waals surface area contributed by atoms with Gasteiger partial charge in [0, 0.05) is 53.5 Å². The number of amides is 5. The molecule has 3 atom stereocenters. The molecule has 2 heterocycles. The standard InChI is InChI=1S/C37H39N5O11/c43-29(20-42-35(50)23-11-7-10-22-28(41-16-5-2-6-17-41)14-12-24(32(22)23)36(42)51)38-26(18-21-8-3-1-4-9-21)33(48)40-27(19-31(46)47)34(49)39-25(37(52)53)13-15-30(44)45/h1,3-4,7-12,14,25-27H,2,5-6,13,15-20H2,(H,38,43)(H,39,49)(H,40,48)(H,44,45)(H,46,47)(H,52,53)/t25-,26-,27-/m0/s1. The highest BCUT2D eigenvalue weighted by atomic mass is 16.4. The molecule has 53 heavy (non-hydrogen) atoms. The topological polar surface area (TPSA) is 240 Å². The van der Waals surface area contributed by atoms with E-state index >= 15 is 0 Å². The van der Waals surface area contributed by atoms with Gasteiger partial charge in [0.1, 0.15) is 24.7 Å². The quantitative estimate of drug-likeness (QED) is 0.115. The second kappa shape index (κ2) is 16.8. The Morgan fingerprint density at radius 1 is 0.679 bits per heavy atom. The summed E-state index contributed by atoms with van der Waals surface area (Å²) in [6, 6.07) is 12.1. The number of carbonyl (C=O) groups excluding carboxylic acids is 5. The third kappa shape index (κ3) is 9.13. The van der Waals surface area contributed by atoms with E-state index in [2.05, 4.69) is 20.9 Å². The smallest absolute Gasteiger partial charge is 0.326 e. The van der Waals surface area contributed by atoms with Crippen LogP contribution in [0, 0.1) is 0 Å². The van der Waals surface area contributed by atoms with Gasteiger partial charge in [-0.1, -0.05) is 42.5 Å². The summed E-state index contributed by atoms with van der Waals surface area (Å²) in [4.78, 5) is 105. The molecule has 0 unspecified atom stereocenters. The van der Waals surface area contributed by atoms with Crippen molar-refractivity contribution in [2.24, 2.45) is 0 Å². The predicted octanol–water partition coefficient (Wildman–Crippen LogP) is 1.55. The lowest BCUT2D eigenvalue weighted by atomic mass is 9.92. The van der Waals surface area contributed by atoms with E-state index in [1.165, 1.54) is 0 Å². The van der Waals surface area contributed by atoms with Gasteiger partial charge in [0.25, 0.3) is 11.8 Å². The zero-order chi connectivity index (χ0) is 38.2. The number of piperidine rings is 1. The fourth-order valence-corrected chi connectivity index (χ4v) is 6.58. The molecule has 0 saturated carbocycles. The first kappa shape index (κ1) is 37.9. The predicted molar refractivity (Wildman–Crippen MR) is 188 cm³/mol. The van der Waals surface area contributed by atoms with E-state index in [-0.39, 0.29) is 17.5 Å². The highest BCUT2D eigenvalue weighted by Gasteiger charge is 2.37. The molecule has 0 radical (unpaired) electrons. The average molecular weight is 730 g/mol. The maximum Gasteiger partial charge on any atom is 0.326 e. The Balaban J connectivity index is 1.35. The molecule has 2 aliphatic rings. The Kier molecular flexibility index (Phi) is 12.0. The van der Waals surface area contributed by atoms with Crippen LogP contribution in [0.3, 0.4) is 0 Å². The third-order valence-electron chi connectivity index (χ3n) is 9.17. The number of aliphatic carboxylic acids is 3. The largest absolute Gasteiger partial charge is 0.481 e. The first-order chi connectivity index (χ1) is 25.3. The lowest BCUT2D eigenvalue weighted by Crippen LogP contribution is -2.57. The number of nitrogens with one attached hydrogen (secondary N) is 3. The van der Waals surface area contributed by atoms with Crippen LogP contribution in [-0.2, 0) is 35.2 Å². The molecule has 3 aromatic carbocycles. The molecule has 5 amide bonds. The number of benzene rings is 3. The van der Waals surface area contributed by atoms with Crippen LogP contribution in [0.5, 0.6) is 0 Å². The molecule has 16 heteroatoms. The summed E-state index contributed by atoms with van der Waals surface area (Å²) in [5.74, 6) is -8.93. The first-order valence-corrected chi connectivity index (χ1v) is 17.1. The Morgan fingerprint density at radius 3 is 1.96 bits per heavy atom. The normalized spacial score (nSPS) is 15.6. The van der Waals surface area contributed by atoms with Gasteiger partial charge in [-0.15, -0.1) is 0 Å². The number of hydrogen-bond donors (Lipinski definition) is 6. The van der Waals surface area contributed by atoms with Crippen molar-refractivity contribution in [3.63, 3.8) is 0 Å². The number of rotatable bonds is 16. The van der Waals surface area contributed by atoms with E-state index in [1.807, 2.05) is 12.1 Å². The summed E-state index contributed by atoms with van der Waals surface area (Å²) in [7, 11) is 0. The number of carboxylic acids is 3. The van der Waals surface area contributed by atoms with Gasteiger partial charge in [0.05, 0.1) is 6.42 Å². The molecule has 0 spiro atoms. The maximum absolute atomic E-state index is 13.7. The summed E-state index contributed by atoms with van der Waals surface area (Å²) in [5.41, 5.74) is 1.96. The van der Waals surface area contributed by atoms with Crippen molar-refractivity contribution in [3.8, 4) is 0 Å². The van der Waals surface area contributed by atoms with Crippen molar-refractivity contribution in [3.05, 3.63) is 77.4 Å². The zero-order valence-electron chi connectivity index (χ0n) is 28.6. The van der Waals surface area contributed by atoms with Crippen molar-refractivity contribution < 1.29 is 53.7 Å². The lowest BCUT2D eigenvalue weighted by Gasteiger charge is -2.32. The molecule has 0 aromatic heterocycles. The fraction of sp³-hybridized carbons (Fsp3) is 0.351. The Labute approximate surface area is 303 Å².